The molecule has 0 amide bonds. The maximum Gasteiger partial charge on any atom is 0.161 e. The van der Waals surface area contributed by atoms with Crippen molar-refractivity contribution in [3.05, 3.63) is 33.9 Å². The number of nitrogens with zero attached hydrogens (tertiary/aromatic N) is 2. The van der Waals surface area contributed by atoms with Crippen LogP contribution in [0.4, 0.5) is 5.82 Å². The standard InChI is InChI=1S/C16H20BrN3O/c1-5-12-10(3)19-15(20-16(12)18-6-2)11-7-8-14(21-4)13(17)9-11/h7-9H,5-6H2,1-4H3,(H,18,19,20). The zero-order valence-electron chi connectivity index (χ0n) is 12.8. The van der Waals surface area contributed by atoms with Gasteiger partial charge in [-0.15, -0.1) is 0 Å². The first-order valence-corrected chi connectivity index (χ1v) is 7.85. The quantitative estimate of drug-likeness (QED) is 0.877. The van der Waals surface area contributed by atoms with Gasteiger partial charge < -0.3 is 10.1 Å². The first kappa shape index (κ1) is 15.8. The fraction of sp³-hybridized carbons (Fsp3) is 0.375. The van der Waals surface area contributed by atoms with Gasteiger partial charge in [0.05, 0.1) is 11.6 Å². The summed E-state index contributed by atoms with van der Waals surface area (Å²) in [4.78, 5) is 9.32. The summed E-state index contributed by atoms with van der Waals surface area (Å²) in [5, 5.41) is 3.33. The van der Waals surface area contributed by atoms with E-state index in [1.165, 1.54) is 5.56 Å². The third-order valence-corrected chi connectivity index (χ3v) is 3.94. The van der Waals surface area contributed by atoms with E-state index in [2.05, 4.69) is 45.1 Å². The highest BCUT2D eigenvalue weighted by Gasteiger charge is 2.12. The van der Waals surface area contributed by atoms with Gasteiger partial charge in [-0.3, -0.25) is 0 Å². The van der Waals surface area contributed by atoms with Gasteiger partial charge in [0.15, 0.2) is 5.82 Å². The van der Waals surface area contributed by atoms with Gasteiger partial charge in [-0.1, -0.05) is 6.92 Å². The third kappa shape index (κ3) is 3.35. The van der Waals surface area contributed by atoms with Gasteiger partial charge in [-0.05, 0) is 54.4 Å². The molecule has 0 aliphatic carbocycles. The smallest absolute Gasteiger partial charge is 0.161 e. The van der Waals surface area contributed by atoms with E-state index in [4.69, 9.17) is 4.74 Å². The molecule has 1 heterocycles. The topological polar surface area (TPSA) is 47.0 Å². The van der Waals surface area contributed by atoms with Crippen molar-refractivity contribution >= 4 is 21.7 Å². The number of aryl methyl sites for hydroxylation is 1. The average molecular weight is 350 g/mol. The summed E-state index contributed by atoms with van der Waals surface area (Å²) in [6.45, 7) is 7.06. The first-order chi connectivity index (χ1) is 10.1. The Bertz CT molecular complexity index is 644. The first-order valence-electron chi connectivity index (χ1n) is 7.06. The molecule has 1 N–H and O–H groups in total. The molecule has 0 aliphatic heterocycles. The van der Waals surface area contributed by atoms with Crippen LogP contribution in [0.2, 0.25) is 0 Å². The summed E-state index contributed by atoms with van der Waals surface area (Å²) in [7, 11) is 1.65. The Balaban J connectivity index is 2.51. The van der Waals surface area contributed by atoms with Gasteiger partial charge in [0.2, 0.25) is 0 Å². The van der Waals surface area contributed by atoms with Gasteiger partial charge in [-0.25, -0.2) is 9.97 Å². The molecular weight excluding hydrogens is 330 g/mol. The van der Waals surface area contributed by atoms with Crippen LogP contribution in [-0.2, 0) is 6.42 Å². The van der Waals surface area contributed by atoms with Crippen LogP contribution < -0.4 is 10.1 Å². The van der Waals surface area contributed by atoms with Gasteiger partial charge in [0, 0.05) is 23.4 Å². The molecule has 0 bridgehead atoms. The molecule has 0 saturated carbocycles. The van der Waals surface area contributed by atoms with Gasteiger partial charge >= 0.3 is 0 Å². The number of benzene rings is 1. The van der Waals surface area contributed by atoms with Crippen molar-refractivity contribution in [2.24, 2.45) is 0 Å². The molecule has 0 radical (unpaired) electrons. The lowest BCUT2D eigenvalue weighted by Crippen LogP contribution is -2.08. The molecule has 1 aromatic heterocycles. The van der Waals surface area contributed by atoms with Crippen LogP contribution in [0, 0.1) is 6.92 Å². The number of hydrogen-bond donors (Lipinski definition) is 1. The second-order valence-electron chi connectivity index (χ2n) is 4.69. The SMILES string of the molecule is CCNc1nc(-c2ccc(OC)c(Br)c2)nc(C)c1CC. The number of hydrogen-bond acceptors (Lipinski definition) is 4. The van der Waals surface area contributed by atoms with Gasteiger partial charge in [0.25, 0.3) is 0 Å². The maximum absolute atomic E-state index is 5.26. The Labute approximate surface area is 134 Å². The number of halogens is 1. The predicted molar refractivity (Wildman–Crippen MR) is 90.0 cm³/mol. The van der Waals surface area contributed by atoms with Crippen molar-refractivity contribution < 1.29 is 4.74 Å². The molecule has 0 spiro atoms. The van der Waals surface area contributed by atoms with Crippen molar-refractivity contribution in [2.75, 3.05) is 19.0 Å². The fourth-order valence-corrected chi connectivity index (χ4v) is 2.81. The molecule has 21 heavy (non-hydrogen) atoms. The van der Waals surface area contributed by atoms with Crippen LogP contribution in [0.5, 0.6) is 5.75 Å². The monoisotopic (exact) mass is 349 g/mol. The summed E-state index contributed by atoms with van der Waals surface area (Å²) in [6, 6.07) is 5.87. The number of nitrogens with one attached hydrogen (secondary N) is 1. The van der Waals surface area contributed by atoms with Crippen molar-refractivity contribution in [3.8, 4) is 17.1 Å². The molecule has 2 rings (SSSR count). The molecule has 0 fully saturated rings. The van der Waals surface area contributed by atoms with Crippen LogP contribution in [0.1, 0.15) is 25.1 Å². The zero-order valence-corrected chi connectivity index (χ0v) is 14.4. The lowest BCUT2D eigenvalue weighted by Gasteiger charge is -2.13. The minimum atomic E-state index is 0.726. The largest absolute Gasteiger partial charge is 0.496 e. The van der Waals surface area contributed by atoms with Crippen LogP contribution in [0.25, 0.3) is 11.4 Å². The number of rotatable bonds is 5. The van der Waals surface area contributed by atoms with E-state index in [1.807, 2.05) is 25.1 Å². The van der Waals surface area contributed by atoms with E-state index in [0.29, 0.717) is 0 Å². The van der Waals surface area contributed by atoms with Crippen molar-refractivity contribution in [1.29, 1.82) is 0 Å². The molecule has 1 aromatic carbocycles. The lowest BCUT2D eigenvalue weighted by atomic mass is 10.1. The number of ether oxygens (including phenoxy) is 1. The van der Waals surface area contributed by atoms with E-state index in [9.17, 15) is 0 Å². The Morgan fingerprint density at radius 3 is 2.57 bits per heavy atom. The molecule has 0 atom stereocenters. The highest BCUT2D eigenvalue weighted by molar-refractivity contribution is 9.10. The van der Waals surface area contributed by atoms with E-state index < -0.39 is 0 Å². The van der Waals surface area contributed by atoms with Gasteiger partial charge in [-0.2, -0.15) is 0 Å². The highest BCUT2D eigenvalue weighted by Crippen LogP contribution is 2.30. The Morgan fingerprint density at radius 1 is 1.24 bits per heavy atom. The summed E-state index contributed by atoms with van der Waals surface area (Å²) >= 11 is 3.50. The highest BCUT2D eigenvalue weighted by atomic mass is 79.9. The number of aromatic nitrogens is 2. The molecule has 2 aromatic rings. The Hall–Kier alpha value is -1.62. The minimum absolute atomic E-state index is 0.726. The molecular formula is C16H20BrN3O. The summed E-state index contributed by atoms with van der Waals surface area (Å²) in [5.41, 5.74) is 3.16. The van der Waals surface area contributed by atoms with E-state index in [1.54, 1.807) is 7.11 Å². The fourth-order valence-electron chi connectivity index (χ4n) is 2.27. The second-order valence-corrected chi connectivity index (χ2v) is 5.55. The Morgan fingerprint density at radius 2 is 2.00 bits per heavy atom. The van der Waals surface area contributed by atoms with Crippen LogP contribution >= 0.6 is 15.9 Å². The van der Waals surface area contributed by atoms with Crippen LogP contribution in [0.15, 0.2) is 22.7 Å². The third-order valence-electron chi connectivity index (χ3n) is 3.32. The van der Waals surface area contributed by atoms with Gasteiger partial charge in [0.1, 0.15) is 11.6 Å². The van der Waals surface area contributed by atoms with Crippen LogP contribution in [0.3, 0.4) is 0 Å². The summed E-state index contributed by atoms with van der Waals surface area (Å²) in [6.07, 6.45) is 0.917. The number of anilines is 1. The molecule has 0 saturated heterocycles. The number of methoxy groups -OCH3 is 1. The zero-order chi connectivity index (χ0) is 15.4. The maximum atomic E-state index is 5.26. The van der Waals surface area contributed by atoms with Crippen molar-refractivity contribution in [3.63, 3.8) is 0 Å². The Kier molecular flexibility index (Phi) is 5.17. The predicted octanol–water partition coefficient (Wildman–Crippen LogP) is 4.22. The molecule has 0 unspecified atom stereocenters. The van der Waals surface area contributed by atoms with E-state index in [-0.39, 0.29) is 0 Å². The second kappa shape index (κ2) is 6.89. The lowest BCUT2D eigenvalue weighted by molar-refractivity contribution is 0.412. The summed E-state index contributed by atoms with van der Waals surface area (Å²) < 4.78 is 6.15. The molecule has 112 valence electrons. The average Bonchev–Trinajstić information content (AvgIpc) is 2.47. The van der Waals surface area contributed by atoms with Crippen LogP contribution in [-0.4, -0.2) is 23.6 Å². The normalized spacial score (nSPS) is 10.5. The summed E-state index contributed by atoms with van der Waals surface area (Å²) in [5.74, 6) is 2.45. The molecule has 0 aliphatic rings. The molecule has 5 heteroatoms. The minimum Gasteiger partial charge on any atom is -0.496 e. The van der Waals surface area contributed by atoms with Crippen molar-refractivity contribution in [2.45, 2.75) is 27.2 Å². The van der Waals surface area contributed by atoms with E-state index in [0.717, 1.165) is 46.1 Å². The molecule has 4 nitrogen and oxygen atoms in total. The van der Waals surface area contributed by atoms with Crippen molar-refractivity contribution in [1.82, 2.24) is 9.97 Å². The van der Waals surface area contributed by atoms with E-state index >= 15 is 0 Å².